The number of rotatable bonds is 9. The molecule has 0 saturated heterocycles. The number of aryl methyl sites for hydroxylation is 2. The van der Waals surface area contributed by atoms with Crippen LogP contribution in [0.15, 0.2) is 24.3 Å². The third-order valence-electron chi connectivity index (χ3n) is 3.58. The summed E-state index contributed by atoms with van der Waals surface area (Å²) in [6, 6.07) is 8.17. The van der Waals surface area contributed by atoms with Gasteiger partial charge in [0.1, 0.15) is 11.4 Å². The van der Waals surface area contributed by atoms with Gasteiger partial charge in [0.05, 0.1) is 12.3 Å². The standard InChI is InChI=1S/C17H23N3O2/c1-3-6-17-16(13-21)18-19-20(17)11-5-12-22-15-9-7-14(4-2)8-10-15/h7-10,13H,3-6,11-12H2,1-2H3. The van der Waals surface area contributed by atoms with Gasteiger partial charge < -0.3 is 4.74 Å². The Morgan fingerprint density at radius 1 is 1.23 bits per heavy atom. The monoisotopic (exact) mass is 301 g/mol. The molecule has 0 amide bonds. The summed E-state index contributed by atoms with van der Waals surface area (Å²) in [4.78, 5) is 10.9. The summed E-state index contributed by atoms with van der Waals surface area (Å²) in [5.74, 6) is 0.887. The third kappa shape index (κ3) is 4.16. The quantitative estimate of drug-likeness (QED) is 0.527. The molecule has 1 aromatic heterocycles. The highest BCUT2D eigenvalue weighted by Crippen LogP contribution is 2.13. The van der Waals surface area contributed by atoms with E-state index in [0.717, 1.165) is 43.4 Å². The lowest BCUT2D eigenvalue weighted by atomic mass is 10.2. The molecule has 0 N–H and O–H groups in total. The van der Waals surface area contributed by atoms with Gasteiger partial charge in [0, 0.05) is 13.0 Å². The van der Waals surface area contributed by atoms with E-state index < -0.39 is 0 Å². The van der Waals surface area contributed by atoms with E-state index >= 15 is 0 Å². The molecule has 0 aliphatic carbocycles. The van der Waals surface area contributed by atoms with Crippen LogP contribution in [0.4, 0.5) is 0 Å². The Kier molecular flexibility index (Phi) is 6.13. The molecule has 0 bridgehead atoms. The van der Waals surface area contributed by atoms with Crippen molar-refractivity contribution in [2.24, 2.45) is 0 Å². The van der Waals surface area contributed by atoms with Crippen LogP contribution in [-0.2, 0) is 19.4 Å². The summed E-state index contributed by atoms with van der Waals surface area (Å²) in [6.07, 6.45) is 4.43. The van der Waals surface area contributed by atoms with Crippen molar-refractivity contribution < 1.29 is 9.53 Å². The maximum absolute atomic E-state index is 10.9. The summed E-state index contributed by atoms with van der Waals surface area (Å²) < 4.78 is 7.55. The van der Waals surface area contributed by atoms with E-state index in [4.69, 9.17) is 4.74 Å². The molecule has 5 heteroatoms. The molecule has 22 heavy (non-hydrogen) atoms. The molecular weight excluding hydrogens is 278 g/mol. The van der Waals surface area contributed by atoms with Crippen LogP contribution in [0.2, 0.25) is 0 Å². The number of benzene rings is 1. The van der Waals surface area contributed by atoms with Crippen molar-refractivity contribution in [2.45, 2.75) is 46.1 Å². The van der Waals surface area contributed by atoms with Crippen LogP contribution in [0.25, 0.3) is 0 Å². The average Bonchev–Trinajstić information content (AvgIpc) is 2.94. The highest BCUT2D eigenvalue weighted by Gasteiger charge is 2.10. The minimum absolute atomic E-state index is 0.456. The van der Waals surface area contributed by atoms with Crippen molar-refractivity contribution >= 4 is 6.29 Å². The molecule has 2 aromatic rings. The van der Waals surface area contributed by atoms with Gasteiger partial charge in [-0.05, 0) is 30.5 Å². The summed E-state index contributed by atoms with van der Waals surface area (Å²) in [5.41, 5.74) is 2.68. The highest BCUT2D eigenvalue weighted by atomic mass is 16.5. The molecule has 5 nitrogen and oxygen atoms in total. The minimum atomic E-state index is 0.456. The predicted molar refractivity (Wildman–Crippen MR) is 85.3 cm³/mol. The first kappa shape index (κ1) is 16.2. The van der Waals surface area contributed by atoms with Gasteiger partial charge in [0.2, 0.25) is 0 Å². The van der Waals surface area contributed by atoms with Crippen LogP contribution in [0, 0.1) is 0 Å². The molecular formula is C17H23N3O2. The Balaban J connectivity index is 1.83. The molecule has 2 rings (SSSR count). The minimum Gasteiger partial charge on any atom is -0.494 e. The molecule has 1 heterocycles. The Bertz CT molecular complexity index is 590. The van der Waals surface area contributed by atoms with Crippen LogP contribution in [-0.4, -0.2) is 27.9 Å². The molecule has 0 radical (unpaired) electrons. The van der Waals surface area contributed by atoms with Crippen LogP contribution in [0.1, 0.15) is 48.4 Å². The number of ether oxygens (including phenoxy) is 1. The van der Waals surface area contributed by atoms with Crippen LogP contribution in [0.5, 0.6) is 5.75 Å². The number of carbonyl (C=O) groups is 1. The van der Waals surface area contributed by atoms with E-state index in [0.29, 0.717) is 18.8 Å². The maximum Gasteiger partial charge on any atom is 0.172 e. The number of hydrogen-bond donors (Lipinski definition) is 0. The third-order valence-corrected chi connectivity index (χ3v) is 3.58. The summed E-state index contributed by atoms with van der Waals surface area (Å²) in [7, 11) is 0. The second-order valence-electron chi connectivity index (χ2n) is 5.21. The van der Waals surface area contributed by atoms with E-state index in [1.807, 2.05) is 16.8 Å². The molecule has 0 fully saturated rings. The second kappa shape index (κ2) is 8.32. The molecule has 118 valence electrons. The van der Waals surface area contributed by atoms with Gasteiger partial charge in [-0.15, -0.1) is 5.10 Å². The van der Waals surface area contributed by atoms with E-state index in [1.54, 1.807) is 0 Å². The fourth-order valence-corrected chi connectivity index (χ4v) is 2.34. The van der Waals surface area contributed by atoms with Gasteiger partial charge >= 0.3 is 0 Å². The Hall–Kier alpha value is -2.17. The molecule has 0 aliphatic rings. The van der Waals surface area contributed by atoms with Gasteiger partial charge in [-0.1, -0.05) is 37.6 Å². The Morgan fingerprint density at radius 2 is 2.00 bits per heavy atom. The number of carbonyl (C=O) groups excluding carboxylic acids is 1. The van der Waals surface area contributed by atoms with E-state index in [9.17, 15) is 4.79 Å². The van der Waals surface area contributed by atoms with Gasteiger partial charge in [-0.25, -0.2) is 4.68 Å². The molecule has 0 aliphatic heterocycles. The zero-order chi connectivity index (χ0) is 15.8. The van der Waals surface area contributed by atoms with E-state index in [1.165, 1.54) is 5.56 Å². The molecule has 1 aromatic carbocycles. The first-order chi connectivity index (χ1) is 10.8. The summed E-state index contributed by atoms with van der Waals surface area (Å²) >= 11 is 0. The normalized spacial score (nSPS) is 10.6. The predicted octanol–water partition coefficient (Wildman–Crippen LogP) is 3.07. The van der Waals surface area contributed by atoms with Crippen molar-refractivity contribution in [3.8, 4) is 5.75 Å². The fourth-order valence-electron chi connectivity index (χ4n) is 2.34. The molecule has 0 unspecified atom stereocenters. The van der Waals surface area contributed by atoms with E-state index in [2.05, 4.69) is 36.3 Å². The first-order valence-corrected chi connectivity index (χ1v) is 7.87. The van der Waals surface area contributed by atoms with Crippen LogP contribution < -0.4 is 4.74 Å². The lowest BCUT2D eigenvalue weighted by Crippen LogP contribution is -2.09. The highest BCUT2D eigenvalue weighted by molar-refractivity contribution is 5.73. The number of aldehydes is 1. The van der Waals surface area contributed by atoms with Crippen molar-refractivity contribution in [3.05, 3.63) is 41.2 Å². The van der Waals surface area contributed by atoms with Crippen molar-refractivity contribution in [2.75, 3.05) is 6.61 Å². The largest absolute Gasteiger partial charge is 0.494 e. The molecule has 0 atom stereocenters. The number of hydrogen-bond acceptors (Lipinski definition) is 4. The smallest absolute Gasteiger partial charge is 0.172 e. The second-order valence-corrected chi connectivity index (χ2v) is 5.21. The Morgan fingerprint density at radius 3 is 2.64 bits per heavy atom. The zero-order valence-electron chi connectivity index (χ0n) is 13.3. The van der Waals surface area contributed by atoms with Crippen molar-refractivity contribution in [3.63, 3.8) is 0 Å². The number of aromatic nitrogens is 3. The van der Waals surface area contributed by atoms with Gasteiger partial charge in [0.25, 0.3) is 0 Å². The number of nitrogens with zero attached hydrogens (tertiary/aromatic N) is 3. The lowest BCUT2D eigenvalue weighted by molar-refractivity contribution is 0.111. The van der Waals surface area contributed by atoms with Crippen LogP contribution >= 0.6 is 0 Å². The molecule has 0 saturated carbocycles. The Labute approximate surface area is 131 Å². The first-order valence-electron chi connectivity index (χ1n) is 7.87. The van der Waals surface area contributed by atoms with Crippen LogP contribution in [0.3, 0.4) is 0 Å². The van der Waals surface area contributed by atoms with Gasteiger partial charge in [0.15, 0.2) is 6.29 Å². The summed E-state index contributed by atoms with van der Waals surface area (Å²) in [5, 5.41) is 7.97. The van der Waals surface area contributed by atoms with Gasteiger partial charge in [-0.3, -0.25) is 4.79 Å². The SMILES string of the molecule is CCCc1c(C=O)nnn1CCCOc1ccc(CC)cc1. The average molecular weight is 301 g/mol. The fraction of sp³-hybridized carbons (Fsp3) is 0.471. The lowest BCUT2D eigenvalue weighted by Gasteiger charge is -2.08. The maximum atomic E-state index is 10.9. The van der Waals surface area contributed by atoms with E-state index in [-0.39, 0.29) is 0 Å². The molecule has 0 spiro atoms. The topological polar surface area (TPSA) is 57.0 Å². The van der Waals surface area contributed by atoms with Crippen molar-refractivity contribution in [1.82, 2.24) is 15.0 Å². The van der Waals surface area contributed by atoms with Gasteiger partial charge in [-0.2, -0.15) is 0 Å². The summed E-state index contributed by atoms with van der Waals surface area (Å²) in [6.45, 7) is 5.54. The zero-order valence-corrected chi connectivity index (χ0v) is 13.3. The van der Waals surface area contributed by atoms with Crippen molar-refractivity contribution in [1.29, 1.82) is 0 Å².